The van der Waals surface area contributed by atoms with Crippen LogP contribution in [0.1, 0.15) is 43.5 Å². The lowest BCUT2D eigenvalue weighted by atomic mass is 10.1. The fourth-order valence-electron chi connectivity index (χ4n) is 3.20. The first-order valence-corrected chi connectivity index (χ1v) is 9.51. The first-order chi connectivity index (χ1) is 13.1. The number of ether oxygens (including phenoxy) is 1. The van der Waals surface area contributed by atoms with Crippen molar-refractivity contribution in [3.05, 3.63) is 60.2 Å². The number of hydrogen-bond acceptors (Lipinski definition) is 3. The topological polar surface area (TPSA) is 49.9 Å². The third-order valence-electron chi connectivity index (χ3n) is 4.51. The summed E-state index contributed by atoms with van der Waals surface area (Å²) in [6.07, 6.45) is 3.14. The second kappa shape index (κ2) is 8.71. The lowest BCUT2D eigenvalue weighted by molar-refractivity contribution is 0.0983. The van der Waals surface area contributed by atoms with E-state index in [-0.39, 0.29) is 18.0 Å². The summed E-state index contributed by atoms with van der Waals surface area (Å²) in [4.78, 5) is 29.4. The predicted octanol–water partition coefficient (Wildman–Crippen LogP) is 4.73. The molecule has 0 aliphatic carbocycles. The second-order valence-electron chi connectivity index (χ2n) is 7.00. The maximum absolute atomic E-state index is 13.2. The highest BCUT2D eigenvalue weighted by Crippen LogP contribution is 2.22. The van der Waals surface area contributed by atoms with Gasteiger partial charge in [-0.1, -0.05) is 18.2 Å². The average molecular weight is 366 g/mol. The summed E-state index contributed by atoms with van der Waals surface area (Å²) in [6.45, 7) is 5.29. The van der Waals surface area contributed by atoms with Gasteiger partial charge in [0.15, 0.2) is 0 Å². The Kier molecular flexibility index (Phi) is 6.12. The van der Waals surface area contributed by atoms with Crippen molar-refractivity contribution in [1.29, 1.82) is 0 Å². The Hall–Kier alpha value is -2.82. The van der Waals surface area contributed by atoms with Gasteiger partial charge < -0.3 is 9.64 Å². The maximum Gasteiger partial charge on any atom is 0.331 e. The number of carbonyl (C=O) groups is 2. The predicted molar refractivity (Wildman–Crippen MR) is 106 cm³/mol. The molecule has 142 valence electrons. The van der Waals surface area contributed by atoms with Crippen LogP contribution in [0.25, 0.3) is 0 Å². The Balaban J connectivity index is 1.87. The third kappa shape index (κ3) is 4.67. The Labute approximate surface area is 160 Å². The molecule has 0 atom stereocenters. The average Bonchev–Trinajstić information content (AvgIpc) is 2.69. The molecule has 3 amide bonds. The molecule has 5 heteroatoms. The molecule has 0 unspecified atom stereocenters. The molecule has 1 aliphatic rings. The number of nitrogens with zero attached hydrogens (tertiary/aromatic N) is 2. The molecule has 0 saturated carbocycles. The Morgan fingerprint density at radius 2 is 1.56 bits per heavy atom. The Bertz CT molecular complexity index is 766. The highest BCUT2D eigenvalue weighted by molar-refractivity contribution is 6.20. The lowest BCUT2D eigenvalue weighted by Gasteiger charge is -2.32. The molecule has 3 rings (SSSR count). The Morgan fingerprint density at radius 3 is 2.15 bits per heavy atom. The standard InChI is InChI=1S/C22H26N2O3/c1-17(2)27-20-13-11-18(12-14-20)21(25)24(19-9-5-3-6-10-19)22(26)23-15-7-4-8-16-23/h3,5-6,9-14,17H,4,7-8,15-16H2,1-2H3. The van der Waals surface area contributed by atoms with Crippen LogP contribution in [0.4, 0.5) is 10.5 Å². The smallest absolute Gasteiger partial charge is 0.331 e. The molecule has 2 aromatic carbocycles. The molecular formula is C22H26N2O3. The van der Waals surface area contributed by atoms with Gasteiger partial charge in [-0.3, -0.25) is 4.79 Å². The van der Waals surface area contributed by atoms with E-state index in [1.165, 1.54) is 4.90 Å². The minimum absolute atomic E-state index is 0.0630. The van der Waals surface area contributed by atoms with Crippen molar-refractivity contribution < 1.29 is 14.3 Å². The van der Waals surface area contributed by atoms with Crippen molar-refractivity contribution in [2.24, 2.45) is 0 Å². The number of amides is 3. The van der Waals surface area contributed by atoms with Crippen molar-refractivity contribution >= 4 is 17.6 Å². The molecule has 0 N–H and O–H groups in total. The van der Waals surface area contributed by atoms with E-state index >= 15 is 0 Å². The minimum atomic E-state index is -0.326. The van der Waals surface area contributed by atoms with Gasteiger partial charge in [0, 0.05) is 18.7 Å². The van der Waals surface area contributed by atoms with Crippen LogP contribution in [-0.2, 0) is 0 Å². The molecule has 0 spiro atoms. The van der Waals surface area contributed by atoms with E-state index in [4.69, 9.17) is 4.74 Å². The van der Waals surface area contributed by atoms with E-state index in [9.17, 15) is 9.59 Å². The number of benzene rings is 2. The lowest BCUT2D eigenvalue weighted by Crippen LogP contribution is -2.48. The van der Waals surface area contributed by atoms with Crippen LogP contribution >= 0.6 is 0 Å². The number of piperidine rings is 1. The molecular weight excluding hydrogens is 340 g/mol. The van der Waals surface area contributed by atoms with Gasteiger partial charge in [0.25, 0.3) is 5.91 Å². The van der Waals surface area contributed by atoms with Crippen molar-refractivity contribution in [2.45, 2.75) is 39.2 Å². The highest BCUT2D eigenvalue weighted by Gasteiger charge is 2.29. The van der Waals surface area contributed by atoms with E-state index < -0.39 is 0 Å². The largest absolute Gasteiger partial charge is 0.491 e. The van der Waals surface area contributed by atoms with Crippen molar-refractivity contribution in [3.8, 4) is 5.75 Å². The van der Waals surface area contributed by atoms with Crippen LogP contribution in [0, 0.1) is 0 Å². The normalized spacial score (nSPS) is 14.1. The number of rotatable bonds is 4. The third-order valence-corrected chi connectivity index (χ3v) is 4.51. The summed E-state index contributed by atoms with van der Waals surface area (Å²) >= 11 is 0. The molecule has 27 heavy (non-hydrogen) atoms. The molecule has 0 radical (unpaired) electrons. The van der Waals surface area contributed by atoms with Crippen LogP contribution < -0.4 is 9.64 Å². The minimum Gasteiger partial charge on any atom is -0.491 e. The Morgan fingerprint density at radius 1 is 0.926 bits per heavy atom. The van der Waals surface area contributed by atoms with Crippen LogP contribution in [0.15, 0.2) is 54.6 Å². The van der Waals surface area contributed by atoms with Gasteiger partial charge in [-0.05, 0) is 69.5 Å². The number of anilines is 1. The van der Waals surface area contributed by atoms with Gasteiger partial charge in [0.05, 0.1) is 11.8 Å². The van der Waals surface area contributed by atoms with Crippen LogP contribution in [-0.4, -0.2) is 36.0 Å². The zero-order valence-electron chi connectivity index (χ0n) is 15.9. The van der Waals surface area contributed by atoms with E-state index in [1.54, 1.807) is 41.3 Å². The monoisotopic (exact) mass is 366 g/mol. The molecule has 1 fully saturated rings. The molecule has 1 aliphatic heterocycles. The van der Waals surface area contributed by atoms with E-state index in [2.05, 4.69) is 0 Å². The van der Waals surface area contributed by atoms with Crippen LogP contribution in [0.3, 0.4) is 0 Å². The highest BCUT2D eigenvalue weighted by atomic mass is 16.5. The fourth-order valence-corrected chi connectivity index (χ4v) is 3.20. The summed E-state index contributed by atoms with van der Waals surface area (Å²) in [7, 11) is 0. The quantitative estimate of drug-likeness (QED) is 0.786. The van der Waals surface area contributed by atoms with E-state index in [1.807, 2.05) is 32.0 Å². The zero-order valence-corrected chi connectivity index (χ0v) is 15.9. The van der Waals surface area contributed by atoms with Crippen LogP contribution in [0.5, 0.6) is 5.75 Å². The summed E-state index contributed by atoms with van der Waals surface area (Å²) in [5, 5.41) is 0. The molecule has 5 nitrogen and oxygen atoms in total. The summed E-state index contributed by atoms with van der Waals surface area (Å²) < 4.78 is 5.64. The van der Waals surface area contributed by atoms with Crippen molar-refractivity contribution in [3.63, 3.8) is 0 Å². The van der Waals surface area contributed by atoms with Gasteiger partial charge in [0.2, 0.25) is 0 Å². The summed E-state index contributed by atoms with van der Waals surface area (Å²) in [6, 6.07) is 15.8. The van der Waals surface area contributed by atoms with Gasteiger partial charge >= 0.3 is 6.03 Å². The fraction of sp³-hybridized carbons (Fsp3) is 0.364. The zero-order chi connectivity index (χ0) is 19.2. The van der Waals surface area contributed by atoms with Gasteiger partial charge in [-0.25, -0.2) is 9.69 Å². The second-order valence-corrected chi connectivity index (χ2v) is 7.00. The molecule has 0 aromatic heterocycles. The summed E-state index contributed by atoms with van der Waals surface area (Å²) in [5.74, 6) is 0.378. The SMILES string of the molecule is CC(C)Oc1ccc(C(=O)N(C(=O)N2CCCCC2)c2ccccc2)cc1. The molecule has 0 bridgehead atoms. The number of para-hydroxylation sites is 1. The first kappa shape index (κ1) is 19.0. The summed E-state index contributed by atoms with van der Waals surface area (Å²) in [5.41, 5.74) is 1.04. The maximum atomic E-state index is 13.2. The van der Waals surface area contributed by atoms with E-state index in [0.29, 0.717) is 30.1 Å². The van der Waals surface area contributed by atoms with Gasteiger partial charge in [-0.15, -0.1) is 0 Å². The number of urea groups is 1. The number of hydrogen-bond donors (Lipinski definition) is 0. The molecule has 1 saturated heterocycles. The van der Waals surface area contributed by atoms with Crippen molar-refractivity contribution in [2.75, 3.05) is 18.0 Å². The van der Waals surface area contributed by atoms with Gasteiger partial charge in [0.1, 0.15) is 5.75 Å². The molecule has 1 heterocycles. The number of imide groups is 1. The van der Waals surface area contributed by atoms with E-state index in [0.717, 1.165) is 19.3 Å². The van der Waals surface area contributed by atoms with Crippen molar-refractivity contribution in [1.82, 2.24) is 4.90 Å². The number of carbonyl (C=O) groups excluding carboxylic acids is 2. The number of likely N-dealkylation sites (tertiary alicyclic amines) is 1. The molecule has 2 aromatic rings. The van der Waals surface area contributed by atoms with Gasteiger partial charge in [-0.2, -0.15) is 0 Å². The first-order valence-electron chi connectivity index (χ1n) is 9.51. The van der Waals surface area contributed by atoms with Crippen LogP contribution in [0.2, 0.25) is 0 Å².